The standard InChI is InChI=1S/C13H11Br2F2N3/c14-6-1-4-10(18)7(5-6)13(20-19)11-9(16)3-2-8(15)12(11)17/h1-5,13,20H,18-19H2. The maximum absolute atomic E-state index is 14.2. The van der Waals surface area contributed by atoms with E-state index in [1.807, 2.05) is 0 Å². The van der Waals surface area contributed by atoms with Gasteiger partial charge in [0.1, 0.15) is 11.6 Å². The Morgan fingerprint density at radius 2 is 1.80 bits per heavy atom. The molecule has 0 heterocycles. The molecule has 0 spiro atoms. The molecule has 0 aliphatic rings. The lowest BCUT2D eigenvalue weighted by molar-refractivity contribution is 0.508. The van der Waals surface area contributed by atoms with Gasteiger partial charge in [0.25, 0.3) is 0 Å². The minimum absolute atomic E-state index is 0.155. The number of hydrogen-bond acceptors (Lipinski definition) is 3. The van der Waals surface area contributed by atoms with Crippen LogP contribution in [-0.2, 0) is 0 Å². The highest BCUT2D eigenvalue weighted by molar-refractivity contribution is 9.10. The summed E-state index contributed by atoms with van der Waals surface area (Å²) in [6, 6.07) is 6.61. The van der Waals surface area contributed by atoms with Gasteiger partial charge < -0.3 is 5.73 Å². The van der Waals surface area contributed by atoms with Gasteiger partial charge in [-0.1, -0.05) is 15.9 Å². The Bertz CT molecular complexity index is 650. The number of benzene rings is 2. The largest absolute Gasteiger partial charge is 0.398 e. The number of nitrogen functional groups attached to an aromatic ring is 1. The molecule has 0 saturated carbocycles. The Morgan fingerprint density at radius 3 is 2.45 bits per heavy atom. The molecular weight excluding hydrogens is 396 g/mol. The molecule has 3 nitrogen and oxygen atoms in total. The van der Waals surface area contributed by atoms with E-state index in [0.29, 0.717) is 11.3 Å². The Hall–Kier alpha value is -1.02. The second kappa shape index (κ2) is 6.17. The summed E-state index contributed by atoms with van der Waals surface area (Å²) in [5.41, 5.74) is 8.96. The minimum Gasteiger partial charge on any atom is -0.398 e. The SMILES string of the molecule is NNC(c1cc(Br)ccc1N)c1c(F)ccc(Br)c1F. The lowest BCUT2D eigenvalue weighted by Crippen LogP contribution is -2.31. The van der Waals surface area contributed by atoms with Gasteiger partial charge in [0.15, 0.2) is 0 Å². The summed E-state index contributed by atoms with van der Waals surface area (Å²) in [5.74, 6) is 4.06. The van der Waals surface area contributed by atoms with Gasteiger partial charge in [0, 0.05) is 15.7 Å². The van der Waals surface area contributed by atoms with Crippen molar-refractivity contribution in [1.29, 1.82) is 0 Å². The Balaban J connectivity index is 2.64. The van der Waals surface area contributed by atoms with Crippen molar-refractivity contribution in [1.82, 2.24) is 5.43 Å². The molecule has 1 atom stereocenters. The number of anilines is 1. The van der Waals surface area contributed by atoms with Gasteiger partial charge in [0.2, 0.25) is 0 Å². The first kappa shape index (κ1) is 15.4. The first-order valence-corrected chi connectivity index (χ1v) is 7.18. The topological polar surface area (TPSA) is 64.1 Å². The van der Waals surface area contributed by atoms with Crippen LogP contribution in [0.15, 0.2) is 39.3 Å². The third kappa shape index (κ3) is 2.85. The summed E-state index contributed by atoms with van der Waals surface area (Å²) in [6.07, 6.45) is 0. The fraction of sp³-hybridized carbons (Fsp3) is 0.0769. The van der Waals surface area contributed by atoms with Crippen LogP contribution < -0.4 is 17.0 Å². The molecule has 0 aromatic heterocycles. The van der Waals surface area contributed by atoms with Crippen LogP contribution in [0, 0.1) is 11.6 Å². The van der Waals surface area contributed by atoms with Crippen LogP contribution in [0.4, 0.5) is 14.5 Å². The molecule has 0 radical (unpaired) electrons. The smallest absolute Gasteiger partial charge is 0.145 e. The fourth-order valence-corrected chi connectivity index (χ4v) is 2.66. The van der Waals surface area contributed by atoms with E-state index in [1.165, 1.54) is 12.1 Å². The summed E-state index contributed by atoms with van der Waals surface area (Å²) in [6.45, 7) is 0. The average Bonchev–Trinajstić information content (AvgIpc) is 2.42. The van der Waals surface area contributed by atoms with E-state index >= 15 is 0 Å². The summed E-state index contributed by atoms with van der Waals surface area (Å²) < 4.78 is 29.0. The number of nitrogens with one attached hydrogen (secondary N) is 1. The van der Waals surface area contributed by atoms with Gasteiger partial charge in [-0.2, -0.15) is 0 Å². The third-order valence-corrected chi connectivity index (χ3v) is 4.00. The van der Waals surface area contributed by atoms with Crippen LogP contribution in [-0.4, -0.2) is 0 Å². The van der Waals surface area contributed by atoms with E-state index in [0.717, 1.165) is 4.47 Å². The average molecular weight is 407 g/mol. The highest BCUT2D eigenvalue weighted by atomic mass is 79.9. The van der Waals surface area contributed by atoms with Crippen molar-refractivity contribution in [2.24, 2.45) is 5.84 Å². The van der Waals surface area contributed by atoms with Crippen LogP contribution >= 0.6 is 31.9 Å². The molecule has 2 rings (SSSR count). The van der Waals surface area contributed by atoms with Crippen molar-refractivity contribution >= 4 is 37.5 Å². The molecule has 7 heteroatoms. The van der Waals surface area contributed by atoms with Crippen LogP contribution in [0.2, 0.25) is 0 Å². The monoisotopic (exact) mass is 405 g/mol. The van der Waals surface area contributed by atoms with Gasteiger partial charge in [-0.3, -0.25) is 5.84 Å². The highest BCUT2D eigenvalue weighted by Crippen LogP contribution is 2.33. The Kier molecular flexibility index (Phi) is 4.74. The Morgan fingerprint density at radius 1 is 1.10 bits per heavy atom. The van der Waals surface area contributed by atoms with Gasteiger partial charge in [-0.15, -0.1) is 0 Å². The molecule has 1 unspecified atom stereocenters. The first-order chi connectivity index (χ1) is 9.45. The van der Waals surface area contributed by atoms with Crippen LogP contribution in [0.3, 0.4) is 0 Å². The molecule has 106 valence electrons. The molecule has 0 aliphatic heterocycles. The lowest BCUT2D eigenvalue weighted by Gasteiger charge is -2.20. The zero-order chi connectivity index (χ0) is 14.9. The van der Waals surface area contributed by atoms with Gasteiger partial charge in [-0.05, 0) is 51.8 Å². The number of hydrazine groups is 1. The van der Waals surface area contributed by atoms with Crippen molar-refractivity contribution in [2.75, 3.05) is 5.73 Å². The Labute approximate surface area is 131 Å². The number of halogens is 4. The highest BCUT2D eigenvalue weighted by Gasteiger charge is 2.24. The molecule has 0 bridgehead atoms. The third-order valence-electron chi connectivity index (χ3n) is 2.89. The van der Waals surface area contributed by atoms with E-state index in [9.17, 15) is 8.78 Å². The normalized spacial score (nSPS) is 12.4. The molecule has 2 aromatic carbocycles. The van der Waals surface area contributed by atoms with Crippen molar-refractivity contribution < 1.29 is 8.78 Å². The predicted molar refractivity (Wildman–Crippen MR) is 81.8 cm³/mol. The molecule has 0 saturated heterocycles. The van der Waals surface area contributed by atoms with Crippen molar-refractivity contribution in [2.45, 2.75) is 6.04 Å². The lowest BCUT2D eigenvalue weighted by atomic mass is 9.97. The van der Waals surface area contributed by atoms with Crippen LogP contribution in [0.5, 0.6) is 0 Å². The second-order valence-corrected chi connectivity index (χ2v) is 5.90. The second-order valence-electron chi connectivity index (χ2n) is 4.13. The van der Waals surface area contributed by atoms with Crippen molar-refractivity contribution in [3.05, 3.63) is 62.0 Å². The fourth-order valence-electron chi connectivity index (χ4n) is 1.93. The maximum Gasteiger partial charge on any atom is 0.145 e. The van der Waals surface area contributed by atoms with E-state index in [-0.39, 0.29) is 10.0 Å². The van der Waals surface area contributed by atoms with Crippen LogP contribution in [0.1, 0.15) is 17.2 Å². The number of rotatable bonds is 3. The van der Waals surface area contributed by atoms with Crippen molar-refractivity contribution in [3.63, 3.8) is 0 Å². The number of hydrogen-bond donors (Lipinski definition) is 3. The molecule has 0 aliphatic carbocycles. The van der Waals surface area contributed by atoms with E-state index < -0.39 is 17.7 Å². The van der Waals surface area contributed by atoms with Crippen molar-refractivity contribution in [3.8, 4) is 0 Å². The minimum atomic E-state index is -0.898. The molecule has 0 amide bonds. The predicted octanol–water partition coefficient (Wildman–Crippen LogP) is 3.62. The van der Waals surface area contributed by atoms with Gasteiger partial charge in [0.05, 0.1) is 10.5 Å². The molecule has 20 heavy (non-hydrogen) atoms. The zero-order valence-corrected chi connectivity index (χ0v) is 13.3. The number of nitrogens with two attached hydrogens (primary N) is 2. The molecule has 2 aromatic rings. The molecular formula is C13H11Br2F2N3. The van der Waals surface area contributed by atoms with Crippen LogP contribution in [0.25, 0.3) is 0 Å². The van der Waals surface area contributed by atoms with E-state index in [1.54, 1.807) is 18.2 Å². The summed E-state index contributed by atoms with van der Waals surface area (Å²) >= 11 is 6.33. The quantitative estimate of drug-likeness (QED) is 0.315. The van der Waals surface area contributed by atoms with E-state index in [4.69, 9.17) is 11.6 Å². The van der Waals surface area contributed by atoms with Gasteiger partial charge in [-0.25, -0.2) is 14.2 Å². The summed E-state index contributed by atoms with van der Waals surface area (Å²) in [7, 11) is 0. The first-order valence-electron chi connectivity index (χ1n) is 5.60. The van der Waals surface area contributed by atoms with E-state index in [2.05, 4.69) is 37.3 Å². The molecule has 5 N–H and O–H groups in total. The maximum atomic E-state index is 14.2. The zero-order valence-electron chi connectivity index (χ0n) is 10.1. The van der Waals surface area contributed by atoms with Gasteiger partial charge >= 0.3 is 0 Å². The summed E-state index contributed by atoms with van der Waals surface area (Å²) in [5, 5.41) is 0. The molecule has 0 fully saturated rings. The summed E-state index contributed by atoms with van der Waals surface area (Å²) in [4.78, 5) is 0.